The highest BCUT2D eigenvalue weighted by molar-refractivity contribution is 6.31. The molecular weight excluding hydrogens is 260 g/mol. The highest BCUT2D eigenvalue weighted by Gasteiger charge is 2.30. The van der Waals surface area contributed by atoms with Gasteiger partial charge in [0, 0.05) is 17.6 Å². The van der Waals surface area contributed by atoms with Crippen LogP contribution in [0.5, 0.6) is 0 Å². The van der Waals surface area contributed by atoms with Crippen molar-refractivity contribution in [3.8, 4) is 0 Å². The number of hydrogen-bond acceptors (Lipinski definition) is 2. The van der Waals surface area contributed by atoms with E-state index in [1.165, 1.54) is 0 Å². The first-order valence-corrected chi connectivity index (χ1v) is 7.20. The lowest BCUT2D eigenvalue weighted by atomic mass is 9.96. The van der Waals surface area contributed by atoms with Gasteiger partial charge in [0.25, 0.3) is 0 Å². The molecule has 19 heavy (non-hydrogen) atoms. The second-order valence-electron chi connectivity index (χ2n) is 5.45. The Labute approximate surface area is 119 Å². The molecule has 0 radical (unpaired) electrons. The van der Waals surface area contributed by atoms with Gasteiger partial charge in [-0.2, -0.15) is 0 Å². The number of carbonyl (C=O) groups excluding carboxylic acids is 1. The van der Waals surface area contributed by atoms with Crippen LogP contribution in [0, 0.1) is 11.8 Å². The minimum atomic E-state index is 0.0914. The van der Waals surface area contributed by atoms with Crippen LogP contribution in [0.3, 0.4) is 0 Å². The van der Waals surface area contributed by atoms with Gasteiger partial charge in [-0.3, -0.25) is 4.79 Å². The molecule has 2 rings (SSSR count). The SMILES string of the molecule is CC(Cc1ccccc1Cl)NC(=O)C1CNCC1C. The number of nitrogens with one attached hydrogen (secondary N) is 2. The topological polar surface area (TPSA) is 41.1 Å². The van der Waals surface area contributed by atoms with Gasteiger partial charge in [0.2, 0.25) is 5.91 Å². The molecule has 0 spiro atoms. The lowest BCUT2D eigenvalue weighted by molar-refractivity contribution is -0.126. The van der Waals surface area contributed by atoms with Gasteiger partial charge in [0.05, 0.1) is 5.92 Å². The zero-order valence-corrected chi connectivity index (χ0v) is 12.2. The quantitative estimate of drug-likeness (QED) is 0.888. The van der Waals surface area contributed by atoms with E-state index in [-0.39, 0.29) is 17.9 Å². The molecule has 0 aromatic heterocycles. The van der Waals surface area contributed by atoms with Gasteiger partial charge in [-0.1, -0.05) is 36.7 Å². The molecule has 1 heterocycles. The number of benzene rings is 1. The second kappa shape index (κ2) is 6.40. The van der Waals surface area contributed by atoms with Crippen molar-refractivity contribution in [2.24, 2.45) is 11.8 Å². The molecule has 2 N–H and O–H groups in total. The summed E-state index contributed by atoms with van der Waals surface area (Å²) in [4.78, 5) is 12.2. The molecule has 3 atom stereocenters. The zero-order valence-electron chi connectivity index (χ0n) is 11.4. The average molecular weight is 281 g/mol. The smallest absolute Gasteiger partial charge is 0.224 e. The van der Waals surface area contributed by atoms with Crippen molar-refractivity contribution in [3.63, 3.8) is 0 Å². The number of hydrogen-bond donors (Lipinski definition) is 2. The van der Waals surface area contributed by atoms with Crippen LogP contribution in [0.4, 0.5) is 0 Å². The van der Waals surface area contributed by atoms with Crippen molar-refractivity contribution >= 4 is 17.5 Å². The molecule has 1 aromatic rings. The Hall–Kier alpha value is -1.06. The highest BCUT2D eigenvalue weighted by atomic mass is 35.5. The first kappa shape index (κ1) is 14.4. The van der Waals surface area contributed by atoms with Gasteiger partial charge in [-0.25, -0.2) is 0 Å². The van der Waals surface area contributed by atoms with E-state index in [1.54, 1.807) is 0 Å². The summed E-state index contributed by atoms with van der Waals surface area (Å²) in [5.74, 6) is 0.651. The van der Waals surface area contributed by atoms with E-state index >= 15 is 0 Å². The fourth-order valence-corrected chi connectivity index (χ4v) is 2.77. The molecule has 0 saturated carbocycles. The van der Waals surface area contributed by atoms with E-state index in [0.29, 0.717) is 5.92 Å². The molecule has 1 aromatic carbocycles. The van der Waals surface area contributed by atoms with Crippen LogP contribution < -0.4 is 10.6 Å². The molecule has 0 bridgehead atoms. The second-order valence-corrected chi connectivity index (χ2v) is 5.85. The summed E-state index contributed by atoms with van der Waals surface area (Å²) in [5, 5.41) is 7.11. The first-order valence-electron chi connectivity index (χ1n) is 6.82. The van der Waals surface area contributed by atoms with Crippen molar-refractivity contribution in [2.75, 3.05) is 13.1 Å². The Bertz CT molecular complexity index is 450. The van der Waals surface area contributed by atoms with Crippen LogP contribution in [0.15, 0.2) is 24.3 Å². The summed E-state index contributed by atoms with van der Waals surface area (Å²) in [6.45, 7) is 5.85. The third-order valence-corrected chi connectivity index (χ3v) is 4.10. The fourth-order valence-electron chi connectivity index (χ4n) is 2.56. The summed E-state index contributed by atoms with van der Waals surface area (Å²) in [5.41, 5.74) is 1.08. The summed E-state index contributed by atoms with van der Waals surface area (Å²) in [7, 11) is 0. The molecule has 1 saturated heterocycles. The Kier molecular flexibility index (Phi) is 4.83. The average Bonchev–Trinajstić information content (AvgIpc) is 2.78. The van der Waals surface area contributed by atoms with Gasteiger partial charge in [0.1, 0.15) is 0 Å². The van der Waals surface area contributed by atoms with Gasteiger partial charge >= 0.3 is 0 Å². The van der Waals surface area contributed by atoms with Crippen LogP contribution in [0.2, 0.25) is 5.02 Å². The van der Waals surface area contributed by atoms with E-state index < -0.39 is 0 Å². The number of halogens is 1. The fraction of sp³-hybridized carbons (Fsp3) is 0.533. The molecule has 1 aliphatic heterocycles. The van der Waals surface area contributed by atoms with Crippen LogP contribution in [0.1, 0.15) is 19.4 Å². The highest BCUT2D eigenvalue weighted by Crippen LogP contribution is 2.18. The normalized spacial score (nSPS) is 24.2. The predicted molar refractivity (Wildman–Crippen MR) is 78.3 cm³/mol. The zero-order chi connectivity index (χ0) is 13.8. The van der Waals surface area contributed by atoms with E-state index in [2.05, 4.69) is 17.6 Å². The maximum absolute atomic E-state index is 12.2. The van der Waals surface area contributed by atoms with E-state index in [0.717, 1.165) is 30.1 Å². The van der Waals surface area contributed by atoms with Crippen molar-refractivity contribution in [1.82, 2.24) is 10.6 Å². The third-order valence-electron chi connectivity index (χ3n) is 3.73. The Morgan fingerprint density at radius 2 is 2.21 bits per heavy atom. The van der Waals surface area contributed by atoms with Crippen LogP contribution in [0.25, 0.3) is 0 Å². The van der Waals surface area contributed by atoms with Crippen molar-refractivity contribution in [2.45, 2.75) is 26.3 Å². The molecule has 4 heteroatoms. The monoisotopic (exact) mass is 280 g/mol. The number of carbonyl (C=O) groups is 1. The third kappa shape index (κ3) is 3.71. The molecular formula is C15H21ClN2O. The van der Waals surface area contributed by atoms with E-state index in [9.17, 15) is 4.79 Å². The van der Waals surface area contributed by atoms with E-state index in [4.69, 9.17) is 11.6 Å². The summed E-state index contributed by atoms with van der Waals surface area (Å²) in [6, 6.07) is 7.87. The largest absolute Gasteiger partial charge is 0.353 e. The van der Waals surface area contributed by atoms with Gasteiger partial charge < -0.3 is 10.6 Å². The summed E-state index contributed by atoms with van der Waals surface area (Å²) < 4.78 is 0. The lowest BCUT2D eigenvalue weighted by Crippen LogP contribution is -2.40. The maximum atomic E-state index is 12.2. The number of amides is 1. The predicted octanol–water partition coefficient (Wildman–Crippen LogP) is 2.24. The number of rotatable bonds is 4. The molecule has 104 valence electrons. The summed E-state index contributed by atoms with van der Waals surface area (Å²) in [6.07, 6.45) is 0.764. The Morgan fingerprint density at radius 1 is 1.47 bits per heavy atom. The molecule has 1 amide bonds. The molecule has 1 aliphatic rings. The van der Waals surface area contributed by atoms with Crippen molar-refractivity contribution < 1.29 is 4.79 Å². The maximum Gasteiger partial charge on any atom is 0.224 e. The van der Waals surface area contributed by atoms with Crippen LogP contribution >= 0.6 is 11.6 Å². The van der Waals surface area contributed by atoms with E-state index in [1.807, 2.05) is 31.2 Å². The lowest BCUT2D eigenvalue weighted by Gasteiger charge is -2.19. The van der Waals surface area contributed by atoms with Crippen molar-refractivity contribution in [3.05, 3.63) is 34.9 Å². The Morgan fingerprint density at radius 3 is 2.84 bits per heavy atom. The van der Waals surface area contributed by atoms with Crippen LogP contribution in [-0.2, 0) is 11.2 Å². The molecule has 3 unspecified atom stereocenters. The minimum absolute atomic E-state index is 0.0914. The van der Waals surface area contributed by atoms with Crippen LogP contribution in [-0.4, -0.2) is 25.0 Å². The van der Waals surface area contributed by atoms with Gasteiger partial charge in [-0.05, 0) is 37.4 Å². The van der Waals surface area contributed by atoms with Crippen molar-refractivity contribution in [1.29, 1.82) is 0 Å². The first-order chi connectivity index (χ1) is 9.08. The van der Waals surface area contributed by atoms with Gasteiger partial charge in [-0.15, -0.1) is 0 Å². The molecule has 3 nitrogen and oxygen atoms in total. The molecule has 1 fully saturated rings. The van der Waals surface area contributed by atoms with Gasteiger partial charge in [0.15, 0.2) is 0 Å². The summed E-state index contributed by atoms with van der Waals surface area (Å²) >= 11 is 6.13. The minimum Gasteiger partial charge on any atom is -0.353 e. The Balaban J connectivity index is 1.89. The molecule has 0 aliphatic carbocycles. The standard InChI is InChI=1S/C15H21ClN2O/c1-10-8-17-9-13(10)15(19)18-11(2)7-12-5-3-4-6-14(12)16/h3-6,10-11,13,17H,7-9H2,1-2H3,(H,18,19).